The number of aryl methyl sites for hydroxylation is 1. The van der Waals surface area contributed by atoms with E-state index in [1.54, 1.807) is 31.6 Å². The van der Waals surface area contributed by atoms with E-state index in [-0.39, 0.29) is 22.8 Å². The van der Waals surface area contributed by atoms with Crippen LogP contribution in [0.2, 0.25) is 0 Å². The monoisotopic (exact) mass is 693 g/mol. The molecule has 262 valence electrons. The number of amides is 2. The van der Waals surface area contributed by atoms with Gasteiger partial charge in [-0.3, -0.25) is 19.6 Å². The van der Waals surface area contributed by atoms with E-state index in [4.69, 9.17) is 4.52 Å². The number of aromatic nitrogens is 3. The van der Waals surface area contributed by atoms with Crippen molar-refractivity contribution < 1.29 is 30.9 Å². The van der Waals surface area contributed by atoms with Crippen molar-refractivity contribution in [1.29, 1.82) is 0 Å². The number of hydrogen-bond donors (Lipinski definition) is 2. The number of nitrogens with zero attached hydrogens (tertiary/aromatic N) is 3. The van der Waals surface area contributed by atoms with Gasteiger partial charge in [-0.25, -0.2) is 16.8 Å². The summed E-state index contributed by atoms with van der Waals surface area (Å²) in [6.45, 7) is 17.3. The molecular weight excluding hydrogens is 643 g/mol. The smallest absolute Gasteiger partial charge is 0.247 e. The summed E-state index contributed by atoms with van der Waals surface area (Å²) >= 11 is 0. The van der Waals surface area contributed by atoms with Crippen LogP contribution in [0.15, 0.2) is 40.9 Å². The van der Waals surface area contributed by atoms with Crippen LogP contribution < -0.4 is 10.6 Å². The second-order valence-electron chi connectivity index (χ2n) is 13.8. The molecule has 0 aliphatic heterocycles. The summed E-state index contributed by atoms with van der Waals surface area (Å²) in [5.41, 5.74) is 3.26. The minimum absolute atomic E-state index is 0.0208. The van der Waals surface area contributed by atoms with Gasteiger partial charge in [0.25, 0.3) is 0 Å². The Balaban J connectivity index is 0.000000330. The van der Waals surface area contributed by atoms with Crippen molar-refractivity contribution in [1.82, 2.24) is 14.9 Å². The molecule has 0 saturated heterocycles. The topological polar surface area (TPSA) is 170 Å². The Hall–Kier alpha value is -3.52. The number of carbonyl (C=O) groups excluding carboxylic acids is 2. The van der Waals surface area contributed by atoms with Crippen molar-refractivity contribution in [2.45, 2.75) is 98.0 Å². The summed E-state index contributed by atoms with van der Waals surface area (Å²) in [6, 6.07) is 11.3. The number of rotatable bonds is 12. The number of nitrogens with one attached hydrogen (secondary N) is 2. The Kier molecular flexibility index (Phi) is 12.8. The van der Waals surface area contributed by atoms with Gasteiger partial charge in [0.1, 0.15) is 15.3 Å². The van der Waals surface area contributed by atoms with E-state index < -0.39 is 41.0 Å². The average Bonchev–Trinajstić information content (AvgIpc) is 3.50. The van der Waals surface area contributed by atoms with Crippen LogP contribution in [0.25, 0.3) is 11.3 Å². The lowest BCUT2D eigenvalue weighted by molar-refractivity contribution is -0.118. The molecule has 1 aromatic carbocycles. The zero-order valence-corrected chi connectivity index (χ0v) is 31.1. The van der Waals surface area contributed by atoms with Gasteiger partial charge in [0.05, 0.1) is 22.9 Å². The van der Waals surface area contributed by atoms with Crippen LogP contribution in [0, 0.1) is 12.3 Å². The lowest BCUT2D eigenvalue weighted by Crippen LogP contribution is -2.45. The molecule has 0 unspecified atom stereocenters. The molecule has 0 aliphatic rings. The molecule has 3 aromatic rings. The second-order valence-corrected chi connectivity index (χ2v) is 19.1. The maximum atomic E-state index is 12.7. The maximum absolute atomic E-state index is 12.7. The third-order valence-corrected chi connectivity index (χ3v) is 13.0. The minimum Gasteiger partial charge on any atom is -0.338 e. The first-order valence-corrected chi connectivity index (χ1v) is 18.9. The van der Waals surface area contributed by atoms with Crippen LogP contribution in [0.5, 0.6) is 0 Å². The number of hydrogen-bond acceptors (Lipinski definition) is 9. The summed E-state index contributed by atoms with van der Waals surface area (Å²) < 4.78 is 52.8. The van der Waals surface area contributed by atoms with Gasteiger partial charge in [-0.05, 0) is 59.3 Å². The molecule has 47 heavy (non-hydrogen) atoms. The predicted molar refractivity (Wildman–Crippen MR) is 187 cm³/mol. The molecule has 2 aromatic heterocycles. The number of anilines is 2. The number of sulfone groups is 2. The van der Waals surface area contributed by atoms with Crippen LogP contribution >= 0.6 is 0 Å². The highest BCUT2D eigenvalue weighted by atomic mass is 32.2. The fourth-order valence-electron chi connectivity index (χ4n) is 4.52. The molecule has 0 atom stereocenters. The summed E-state index contributed by atoms with van der Waals surface area (Å²) in [6.07, 6.45) is 1.64. The van der Waals surface area contributed by atoms with Crippen molar-refractivity contribution >= 4 is 43.2 Å². The SMILES string of the molecule is CCCS(=O)(=O)C(C)(C)C(=O)Nc1c(C)c(-c2ccccc2)nn1C.CCCS(=O)(=O)C(C)(C)C(=O)Nc1cc(CC(C)(C)C)no1. The third-order valence-electron chi connectivity index (χ3n) is 7.66. The quantitative estimate of drug-likeness (QED) is 0.240. The highest BCUT2D eigenvalue weighted by Gasteiger charge is 2.42. The summed E-state index contributed by atoms with van der Waals surface area (Å²) in [5, 5.41) is 13.6. The van der Waals surface area contributed by atoms with Gasteiger partial charge in [0, 0.05) is 24.2 Å². The van der Waals surface area contributed by atoms with Crippen molar-refractivity contribution in [3.63, 3.8) is 0 Å². The fourth-order valence-corrected chi connectivity index (χ4v) is 7.29. The van der Waals surface area contributed by atoms with Gasteiger partial charge < -0.3 is 9.84 Å². The molecular formula is C33H51N5O7S2. The minimum atomic E-state index is -3.54. The van der Waals surface area contributed by atoms with Gasteiger partial charge >= 0.3 is 0 Å². The van der Waals surface area contributed by atoms with Gasteiger partial charge in [0.2, 0.25) is 17.7 Å². The van der Waals surface area contributed by atoms with Crippen LogP contribution in [0.1, 0.15) is 86.4 Å². The standard InChI is InChI=1S/C18H25N3O3S.C15H26N2O4S/c1-6-12-25(23,24)18(3,4)17(22)19-16-13(2)15(20-21(16)5)14-10-8-7-9-11-14;1-7-8-22(19,20)15(5,6)13(18)16-12-9-11(17-21-12)10-14(2,3)4/h7-11H,6,12H2,1-5H3,(H,19,22);9H,7-8,10H2,1-6H3,(H,16,18). The van der Waals surface area contributed by atoms with E-state index in [1.807, 2.05) is 37.3 Å². The fraction of sp³-hybridized carbons (Fsp3) is 0.576. The molecule has 12 nitrogen and oxygen atoms in total. The van der Waals surface area contributed by atoms with Crippen molar-refractivity contribution in [3.05, 3.63) is 47.7 Å². The Morgan fingerprint density at radius 2 is 1.32 bits per heavy atom. The molecule has 2 heterocycles. The van der Waals surface area contributed by atoms with E-state index in [0.717, 1.165) is 22.5 Å². The molecule has 0 fully saturated rings. The Bertz CT molecular complexity index is 1750. The summed E-state index contributed by atoms with van der Waals surface area (Å²) in [5.74, 6) is -0.537. The van der Waals surface area contributed by atoms with Crippen LogP contribution in [0.4, 0.5) is 11.7 Å². The molecule has 0 radical (unpaired) electrons. The molecule has 2 N–H and O–H groups in total. The average molecular weight is 694 g/mol. The summed E-state index contributed by atoms with van der Waals surface area (Å²) in [7, 11) is -5.34. The van der Waals surface area contributed by atoms with Crippen LogP contribution in [0.3, 0.4) is 0 Å². The molecule has 3 rings (SSSR count). The van der Waals surface area contributed by atoms with Crippen molar-refractivity contribution in [2.24, 2.45) is 12.5 Å². The maximum Gasteiger partial charge on any atom is 0.247 e. The Morgan fingerprint density at radius 1 is 0.830 bits per heavy atom. The van der Waals surface area contributed by atoms with Gasteiger partial charge in [0.15, 0.2) is 19.7 Å². The first-order valence-electron chi connectivity index (χ1n) is 15.6. The third kappa shape index (κ3) is 9.75. The molecule has 0 saturated carbocycles. The van der Waals surface area contributed by atoms with E-state index in [9.17, 15) is 26.4 Å². The highest BCUT2D eigenvalue weighted by molar-refractivity contribution is 7.93. The molecule has 0 aliphatic carbocycles. The van der Waals surface area contributed by atoms with Gasteiger partial charge in [-0.15, -0.1) is 0 Å². The summed E-state index contributed by atoms with van der Waals surface area (Å²) in [4.78, 5) is 24.9. The molecule has 14 heteroatoms. The first-order chi connectivity index (χ1) is 21.5. The molecule has 0 bridgehead atoms. The van der Waals surface area contributed by atoms with Gasteiger partial charge in [-0.1, -0.05) is 70.1 Å². The first kappa shape index (κ1) is 39.7. The normalized spacial score (nSPS) is 12.7. The Labute approximate surface area is 279 Å². The molecule has 2 amide bonds. The second kappa shape index (κ2) is 15.1. The predicted octanol–water partition coefficient (Wildman–Crippen LogP) is 5.74. The van der Waals surface area contributed by atoms with Crippen LogP contribution in [-0.4, -0.2) is 64.6 Å². The molecule has 0 spiro atoms. The number of benzene rings is 1. The Morgan fingerprint density at radius 3 is 1.79 bits per heavy atom. The van der Waals surface area contributed by atoms with Crippen molar-refractivity contribution in [3.8, 4) is 11.3 Å². The number of carbonyl (C=O) groups is 2. The largest absolute Gasteiger partial charge is 0.338 e. The lowest BCUT2D eigenvalue weighted by Gasteiger charge is -2.23. The van der Waals surface area contributed by atoms with E-state index in [2.05, 4.69) is 41.7 Å². The zero-order valence-electron chi connectivity index (χ0n) is 29.5. The zero-order chi connectivity index (χ0) is 36.0. The van der Waals surface area contributed by atoms with E-state index in [0.29, 0.717) is 25.1 Å². The van der Waals surface area contributed by atoms with Crippen molar-refractivity contribution in [2.75, 3.05) is 22.1 Å². The lowest BCUT2D eigenvalue weighted by atomic mass is 9.91. The highest BCUT2D eigenvalue weighted by Crippen LogP contribution is 2.29. The van der Waals surface area contributed by atoms with Gasteiger partial charge in [-0.2, -0.15) is 5.10 Å². The van der Waals surface area contributed by atoms with Crippen LogP contribution in [-0.2, 0) is 42.7 Å². The van der Waals surface area contributed by atoms with E-state index in [1.165, 1.54) is 27.7 Å². The van der Waals surface area contributed by atoms with E-state index >= 15 is 0 Å².